The lowest BCUT2D eigenvalue weighted by Gasteiger charge is -2.07. The molecule has 24 heavy (non-hydrogen) atoms. The fourth-order valence-corrected chi connectivity index (χ4v) is 2.54. The van der Waals surface area contributed by atoms with E-state index in [-0.39, 0.29) is 16.7 Å². The van der Waals surface area contributed by atoms with E-state index in [0.29, 0.717) is 11.3 Å². The third-order valence-corrected chi connectivity index (χ3v) is 3.91. The zero-order valence-corrected chi connectivity index (χ0v) is 14.3. The van der Waals surface area contributed by atoms with E-state index in [1.165, 1.54) is 5.56 Å². The SMILES string of the molecule is CC(C)c1ccc(NC(=S)N=Nc2[nH]c3ccccc3c2O)cc1. The minimum absolute atomic E-state index is 0.0680. The van der Waals surface area contributed by atoms with Gasteiger partial charge in [-0.05, 0) is 48.0 Å². The number of benzene rings is 2. The molecule has 0 aliphatic heterocycles. The Morgan fingerprint density at radius 2 is 1.83 bits per heavy atom. The molecule has 0 bridgehead atoms. The van der Waals surface area contributed by atoms with Crippen molar-refractivity contribution in [2.24, 2.45) is 10.2 Å². The predicted octanol–water partition coefficient (Wildman–Crippen LogP) is 5.48. The predicted molar refractivity (Wildman–Crippen MR) is 101 cm³/mol. The summed E-state index contributed by atoms with van der Waals surface area (Å²) in [5.41, 5.74) is 2.91. The topological polar surface area (TPSA) is 72.8 Å². The zero-order chi connectivity index (χ0) is 17.1. The van der Waals surface area contributed by atoms with Crippen LogP contribution in [0.15, 0.2) is 58.8 Å². The van der Waals surface area contributed by atoms with Crippen LogP contribution >= 0.6 is 12.2 Å². The number of anilines is 1. The van der Waals surface area contributed by atoms with Gasteiger partial charge in [-0.25, -0.2) is 0 Å². The summed E-state index contributed by atoms with van der Waals surface area (Å²) in [6, 6.07) is 15.4. The number of H-pyrrole nitrogens is 1. The van der Waals surface area contributed by atoms with Crippen molar-refractivity contribution in [3.05, 3.63) is 54.1 Å². The summed E-state index contributed by atoms with van der Waals surface area (Å²) in [6.07, 6.45) is 0. The molecule has 122 valence electrons. The molecule has 0 atom stereocenters. The van der Waals surface area contributed by atoms with Gasteiger partial charge >= 0.3 is 0 Å². The van der Waals surface area contributed by atoms with Crippen LogP contribution in [0, 0.1) is 0 Å². The Balaban J connectivity index is 1.71. The highest BCUT2D eigenvalue weighted by Gasteiger charge is 2.09. The Morgan fingerprint density at radius 1 is 1.12 bits per heavy atom. The van der Waals surface area contributed by atoms with Crippen molar-refractivity contribution in [2.45, 2.75) is 19.8 Å². The van der Waals surface area contributed by atoms with E-state index < -0.39 is 0 Å². The van der Waals surface area contributed by atoms with Crippen LogP contribution in [-0.2, 0) is 0 Å². The molecule has 0 unspecified atom stereocenters. The molecule has 0 aliphatic carbocycles. The summed E-state index contributed by atoms with van der Waals surface area (Å²) in [4.78, 5) is 3.01. The molecule has 0 radical (unpaired) electrons. The number of aromatic nitrogens is 1. The molecule has 3 N–H and O–H groups in total. The smallest absolute Gasteiger partial charge is 0.218 e. The van der Waals surface area contributed by atoms with Crippen molar-refractivity contribution in [1.82, 2.24) is 4.98 Å². The second-order valence-corrected chi connectivity index (χ2v) is 6.16. The number of rotatable bonds is 3. The van der Waals surface area contributed by atoms with Gasteiger partial charge in [-0.2, -0.15) is 0 Å². The molecule has 5 nitrogen and oxygen atoms in total. The van der Waals surface area contributed by atoms with Gasteiger partial charge < -0.3 is 15.4 Å². The van der Waals surface area contributed by atoms with Crippen molar-refractivity contribution in [1.29, 1.82) is 0 Å². The molecule has 0 saturated heterocycles. The summed E-state index contributed by atoms with van der Waals surface area (Å²) in [6.45, 7) is 4.29. The van der Waals surface area contributed by atoms with Gasteiger partial charge in [-0.1, -0.05) is 38.1 Å². The Bertz CT molecular complexity index is 897. The Kier molecular flexibility index (Phi) is 4.57. The summed E-state index contributed by atoms with van der Waals surface area (Å²) in [5.74, 6) is 0.838. The molecule has 6 heteroatoms. The van der Waals surface area contributed by atoms with Crippen molar-refractivity contribution >= 4 is 39.7 Å². The number of para-hydroxylation sites is 1. The van der Waals surface area contributed by atoms with E-state index in [1.807, 2.05) is 36.4 Å². The van der Waals surface area contributed by atoms with E-state index in [9.17, 15) is 5.11 Å². The van der Waals surface area contributed by atoms with Crippen molar-refractivity contribution in [2.75, 3.05) is 5.32 Å². The molecule has 1 aromatic heterocycles. The van der Waals surface area contributed by atoms with Gasteiger partial charge in [0.2, 0.25) is 5.11 Å². The van der Waals surface area contributed by atoms with Crippen LogP contribution in [0.5, 0.6) is 5.75 Å². The molecular formula is C18H18N4OS. The quantitative estimate of drug-likeness (QED) is 0.437. The van der Waals surface area contributed by atoms with Crippen LogP contribution in [-0.4, -0.2) is 15.2 Å². The van der Waals surface area contributed by atoms with Crippen molar-refractivity contribution in [3.8, 4) is 5.75 Å². The highest BCUT2D eigenvalue weighted by molar-refractivity contribution is 7.80. The van der Waals surface area contributed by atoms with E-state index in [1.54, 1.807) is 0 Å². The number of nitrogens with one attached hydrogen (secondary N) is 2. The van der Waals surface area contributed by atoms with Crippen LogP contribution < -0.4 is 5.32 Å². The van der Waals surface area contributed by atoms with Crippen LogP contribution in [0.3, 0.4) is 0 Å². The first kappa shape index (κ1) is 16.1. The van der Waals surface area contributed by atoms with Gasteiger partial charge in [0.05, 0.1) is 5.52 Å². The van der Waals surface area contributed by atoms with Gasteiger partial charge in [0.15, 0.2) is 11.6 Å². The average Bonchev–Trinajstić information content (AvgIpc) is 2.90. The Morgan fingerprint density at radius 3 is 2.50 bits per heavy atom. The van der Waals surface area contributed by atoms with E-state index in [4.69, 9.17) is 12.2 Å². The van der Waals surface area contributed by atoms with Crippen molar-refractivity contribution < 1.29 is 5.11 Å². The normalized spacial score (nSPS) is 11.5. The van der Waals surface area contributed by atoms with Gasteiger partial charge in [-0.15, -0.1) is 10.2 Å². The molecule has 0 fully saturated rings. The fourth-order valence-electron chi connectivity index (χ4n) is 2.38. The number of aromatic amines is 1. The van der Waals surface area contributed by atoms with Gasteiger partial charge in [0, 0.05) is 11.1 Å². The molecule has 0 spiro atoms. The molecule has 0 aliphatic rings. The highest BCUT2D eigenvalue weighted by Crippen LogP contribution is 2.34. The molecule has 1 heterocycles. The lowest BCUT2D eigenvalue weighted by Crippen LogP contribution is -2.04. The first-order valence-electron chi connectivity index (χ1n) is 7.67. The zero-order valence-electron chi connectivity index (χ0n) is 13.4. The maximum atomic E-state index is 10.1. The fraction of sp³-hybridized carbons (Fsp3) is 0.167. The second kappa shape index (κ2) is 6.80. The number of hydrogen-bond acceptors (Lipinski definition) is 3. The number of aromatic hydroxyl groups is 1. The monoisotopic (exact) mass is 338 g/mol. The molecule has 3 aromatic rings. The lowest BCUT2D eigenvalue weighted by atomic mass is 10.0. The number of hydrogen-bond donors (Lipinski definition) is 3. The maximum Gasteiger partial charge on any atom is 0.218 e. The van der Waals surface area contributed by atoms with Crippen LogP contribution in [0.1, 0.15) is 25.3 Å². The number of azo groups is 1. The standard InChI is InChI=1S/C18H18N4OS/c1-11(2)12-7-9-13(10-8-12)19-18(24)22-21-17-16(23)14-5-3-4-6-15(14)20-17/h3-11,20,23H,1-2H3,(H,19,24). The summed E-state index contributed by atoms with van der Waals surface area (Å²) in [7, 11) is 0. The van der Waals surface area contributed by atoms with Crippen LogP contribution in [0.4, 0.5) is 11.5 Å². The number of fused-ring (bicyclic) bond motifs is 1. The van der Waals surface area contributed by atoms with Gasteiger partial charge in [-0.3, -0.25) is 0 Å². The van der Waals surface area contributed by atoms with E-state index in [0.717, 1.165) is 11.2 Å². The number of nitrogens with zero attached hydrogens (tertiary/aromatic N) is 2. The Hall–Kier alpha value is -2.73. The average molecular weight is 338 g/mol. The third-order valence-electron chi connectivity index (χ3n) is 3.73. The largest absolute Gasteiger partial charge is 0.504 e. The molecular weight excluding hydrogens is 320 g/mol. The van der Waals surface area contributed by atoms with Gasteiger partial charge in [0.1, 0.15) is 0 Å². The minimum Gasteiger partial charge on any atom is -0.504 e. The third kappa shape index (κ3) is 3.44. The first-order chi connectivity index (χ1) is 11.5. The maximum absolute atomic E-state index is 10.1. The minimum atomic E-state index is 0.0680. The van der Waals surface area contributed by atoms with Crippen LogP contribution in [0.25, 0.3) is 10.9 Å². The molecule has 3 rings (SSSR count). The van der Waals surface area contributed by atoms with Crippen molar-refractivity contribution in [3.63, 3.8) is 0 Å². The molecule has 0 saturated carbocycles. The first-order valence-corrected chi connectivity index (χ1v) is 8.08. The lowest BCUT2D eigenvalue weighted by molar-refractivity contribution is 0.482. The molecule has 2 aromatic carbocycles. The Labute approximate surface area is 145 Å². The highest BCUT2D eigenvalue weighted by atomic mass is 32.1. The van der Waals surface area contributed by atoms with E-state index >= 15 is 0 Å². The van der Waals surface area contributed by atoms with Gasteiger partial charge in [0.25, 0.3) is 0 Å². The summed E-state index contributed by atoms with van der Waals surface area (Å²) in [5, 5.41) is 22.0. The summed E-state index contributed by atoms with van der Waals surface area (Å²) < 4.78 is 0. The van der Waals surface area contributed by atoms with E-state index in [2.05, 4.69) is 46.5 Å². The second-order valence-electron chi connectivity index (χ2n) is 5.77. The number of thiocarbonyl (C=S) groups is 1. The molecule has 0 amide bonds. The van der Waals surface area contributed by atoms with Crippen LogP contribution in [0.2, 0.25) is 0 Å². The summed E-state index contributed by atoms with van der Waals surface area (Å²) >= 11 is 5.18.